The van der Waals surface area contributed by atoms with E-state index in [1.165, 1.54) is 11.3 Å². The summed E-state index contributed by atoms with van der Waals surface area (Å²) in [5.74, 6) is -0.196. The van der Waals surface area contributed by atoms with E-state index in [2.05, 4.69) is 15.3 Å². The molecule has 0 aromatic carbocycles. The number of hydrogen-bond donors (Lipinski definition) is 2. The fraction of sp³-hybridized carbons (Fsp3) is 0.182. The Hall–Kier alpha value is -1.66. The van der Waals surface area contributed by atoms with Gasteiger partial charge in [0, 0.05) is 11.6 Å². The number of halogens is 1. The number of aromatic nitrogens is 2. The summed E-state index contributed by atoms with van der Waals surface area (Å²) in [6.07, 6.45) is 1.76. The first-order valence-electron chi connectivity index (χ1n) is 5.17. The van der Waals surface area contributed by atoms with Crippen LogP contribution >= 0.6 is 22.9 Å². The molecular weight excluding hydrogens is 272 g/mol. The third kappa shape index (κ3) is 2.96. The van der Waals surface area contributed by atoms with Crippen molar-refractivity contribution in [2.75, 3.05) is 11.1 Å². The normalized spacial score (nSPS) is 10.3. The Kier molecular flexibility index (Phi) is 3.78. The van der Waals surface area contributed by atoms with Gasteiger partial charge in [-0.1, -0.05) is 11.6 Å². The topological polar surface area (TPSA) is 80.9 Å². The molecule has 7 heteroatoms. The zero-order chi connectivity index (χ0) is 13.1. The molecule has 0 bridgehead atoms. The highest BCUT2D eigenvalue weighted by molar-refractivity contribution is 7.13. The Morgan fingerprint density at radius 3 is 3.00 bits per heavy atom. The van der Waals surface area contributed by atoms with Crippen LogP contribution in [0.15, 0.2) is 17.6 Å². The van der Waals surface area contributed by atoms with Crippen molar-refractivity contribution in [3.05, 3.63) is 34.1 Å². The predicted molar refractivity (Wildman–Crippen MR) is 72.8 cm³/mol. The molecule has 2 aromatic rings. The molecule has 0 aliphatic rings. The van der Waals surface area contributed by atoms with Gasteiger partial charge in [-0.05, 0) is 18.6 Å². The Balaban J connectivity index is 2.08. The summed E-state index contributed by atoms with van der Waals surface area (Å²) in [4.78, 5) is 19.8. The van der Waals surface area contributed by atoms with Crippen molar-refractivity contribution in [1.29, 1.82) is 0 Å². The summed E-state index contributed by atoms with van der Waals surface area (Å²) in [6.45, 7) is 1.85. The van der Waals surface area contributed by atoms with Gasteiger partial charge < -0.3 is 11.1 Å². The minimum absolute atomic E-state index is 0.165. The minimum Gasteiger partial charge on any atom is -0.375 e. The first-order valence-corrected chi connectivity index (χ1v) is 6.43. The number of amides is 1. The molecule has 2 heterocycles. The third-order valence-electron chi connectivity index (χ3n) is 2.29. The van der Waals surface area contributed by atoms with E-state index in [9.17, 15) is 4.79 Å². The molecule has 0 aliphatic heterocycles. The summed E-state index contributed by atoms with van der Waals surface area (Å²) < 4.78 is 0. The van der Waals surface area contributed by atoms with Gasteiger partial charge in [-0.25, -0.2) is 9.97 Å². The van der Waals surface area contributed by atoms with Crippen molar-refractivity contribution in [2.45, 2.75) is 13.3 Å². The van der Waals surface area contributed by atoms with Gasteiger partial charge in [0.1, 0.15) is 0 Å². The number of carbonyl (C=O) groups is 1. The van der Waals surface area contributed by atoms with Crippen molar-refractivity contribution in [1.82, 2.24) is 9.97 Å². The van der Waals surface area contributed by atoms with Crippen LogP contribution in [-0.4, -0.2) is 15.9 Å². The highest BCUT2D eigenvalue weighted by Gasteiger charge is 2.11. The maximum Gasteiger partial charge on any atom is 0.230 e. The number of thiazole rings is 1. The van der Waals surface area contributed by atoms with Crippen molar-refractivity contribution < 1.29 is 4.79 Å². The van der Waals surface area contributed by atoms with E-state index in [0.717, 1.165) is 5.56 Å². The summed E-state index contributed by atoms with van der Waals surface area (Å²) in [5.41, 5.74) is 7.54. The van der Waals surface area contributed by atoms with Crippen molar-refractivity contribution in [3.63, 3.8) is 0 Å². The number of rotatable bonds is 3. The molecule has 18 heavy (non-hydrogen) atoms. The van der Waals surface area contributed by atoms with E-state index in [1.807, 2.05) is 6.92 Å². The van der Waals surface area contributed by atoms with E-state index in [0.29, 0.717) is 16.5 Å². The minimum atomic E-state index is -0.196. The van der Waals surface area contributed by atoms with E-state index in [1.54, 1.807) is 17.6 Å². The van der Waals surface area contributed by atoms with Crippen LogP contribution in [0.3, 0.4) is 0 Å². The van der Waals surface area contributed by atoms with Gasteiger partial charge in [-0.3, -0.25) is 4.79 Å². The predicted octanol–water partition coefficient (Wildman–Crippen LogP) is 2.26. The molecule has 1 amide bonds. The second-order valence-corrected chi connectivity index (χ2v) is 4.94. The second-order valence-electron chi connectivity index (χ2n) is 3.70. The third-order valence-corrected chi connectivity index (χ3v) is 3.30. The molecule has 0 aliphatic carbocycles. The Morgan fingerprint density at radius 2 is 2.39 bits per heavy atom. The lowest BCUT2D eigenvalue weighted by Crippen LogP contribution is -2.16. The van der Waals surface area contributed by atoms with Crippen LogP contribution in [0.4, 0.5) is 10.8 Å². The van der Waals surface area contributed by atoms with Crippen LogP contribution < -0.4 is 11.1 Å². The lowest BCUT2D eigenvalue weighted by atomic mass is 10.2. The quantitative estimate of drug-likeness (QED) is 0.846. The van der Waals surface area contributed by atoms with Gasteiger partial charge >= 0.3 is 0 Å². The van der Waals surface area contributed by atoms with Gasteiger partial charge in [-0.2, -0.15) is 0 Å². The summed E-state index contributed by atoms with van der Waals surface area (Å²) >= 11 is 7.23. The molecule has 0 atom stereocenters. The molecule has 0 spiro atoms. The Morgan fingerprint density at radius 1 is 1.61 bits per heavy atom. The largest absolute Gasteiger partial charge is 0.375 e. The average molecular weight is 283 g/mol. The monoisotopic (exact) mass is 282 g/mol. The number of nitrogens with two attached hydrogens (primary N) is 1. The fourth-order valence-corrected chi connectivity index (χ4v) is 2.24. The summed E-state index contributed by atoms with van der Waals surface area (Å²) in [7, 11) is 0. The molecular formula is C11H11ClN4OS. The molecule has 0 fully saturated rings. The number of carbonyl (C=O) groups excluding carboxylic acids is 1. The lowest BCUT2D eigenvalue weighted by molar-refractivity contribution is -0.115. The van der Waals surface area contributed by atoms with E-state index in [4.69, 9.17) is 17.3 Å². The summed E-state index contributed by atoms with van der Waals surface area (Å²) in [6, 6.07) is 1.78. The highest BCUT2D eigenvalue weighted by atomic mass is 35.5. The maximum atomic E-state index is 11.8. The lowest BCUT2D eigenvalue weighted by Gasteiger charge is -2.08. The summed E-state index contributed by atoms with van der Waals surface area (Å²) in [5, 5.41) is 5.21. The molecule has 2 rings (SSSR count). The second kappa shape index (κ2) is 5.32. The van der Waals surface area contributed by atoms with E-state index in [-0.39, 0.29) is 17.5 Å². The zero-order valence-corrected chi connectivity index (χ0v) is 11.2. The number of pyridine rings is 1. The molecule has 5 nitrogen and oxygen atoms in total. The van der Waals surface area contributed by atoms with Crippen LogP contribution in [0.2, 0.25) is 5.15 Å². The average Bonchev–Trinajstić information content (AvgIpc) is 2.69. The molecule has 0 unspecified atom stereocenters. The van der Waals surface area contributed by atoms with E-state index >= 15 is 0 Å². The molecule has 94 valence electrons. The van der Waals surface area contributed by atoms with Gasteiger partial charge in [0.2, 0.25) is 5.91 Å². The van der Waals surface area contributed by atoms with Crippen molar-refractivity contribution in [3.8, 4) is 0 Å². The number of anilines is 2. The zero-order valence-electron chi connectivity index (χ0n) is 9.61. The van der Waals surface area contributed by atoms with Crippen LogP contribution in [0.25, 0.3) is 0 Å². The van der Waals surface area contributed by atoms with Gasteiger partial charge in [0.25, 0.3) is 0 Å². The maximum absolute atomic E-state index is 11.8. The number of nitrogen functional groups attached to an aromatic ring is 1. The molecule has 3 N–H and O–H groups in total. The van der Waals surface area contributed by atoms with Crippen molar-refractivity contribution in [2.24, 2.45) is 0 Å². The molecule has 0 radical (unpaired) electrons. The van der Waals surface area contributed by atoms with Crippen LogP contribution in [0.5, 0.6) is 0 Å². The number of nitrogens with one attached hydrogen (secondary N) is 1. The Bertz CT molecular complexity index is 564. The first kappa shape index (κ1) is 12.8. The first-order chi connectivity index (χ1) is 8.56. The van der Waals surface area contributed by atoms with Crippen LogP contribution in [0, 0.1) is 6.92 Å². The smallest absolute Gasteiger partial charge is 0.230 e. The van der Waals surface area contributed by atoms with E-state index < -0.39 is 0 Å². The number of nitrogens with zero attached hydrogens (tertiary/aromatic N) is 2. The van der Waals surface area contributed by atoms with Crippen molar-refractivity contribution >= 4 is 39.7 Å². The van der Waals surface area contributed by atoms with Crippen LogP contribution in [-0.2, 0) is 11.2 Å². The fourth-order valence-electron chi connectivity index (χ4n) is 1.43. The molecule has 0 saturated carbocycles. The van der Waals surface area contributed by atoms with Gasteiger partial charge in [-0.15, -0.1) is 11.3 Å². The van der Waals surface area contributed by atoms with Crippen LogP contribution in [0.1, 0.15) is 11.3 Å². The Labute approximate surface area is 113 Å². The highest BCUT2D eigenvalue weighted by Crippen LogP contribution is 2.23. The standard InChI is InChI=1S/C11H11ClN4OS/c1-6-2-3-14-10(12)9(6)16-8(17)4-7-5-18-11(13)15-7/h2-3,5H,4H2,1H3,(H2,13,15)(H,16,17). The molecule has 2 aromatic heterocycles. The molecule has 0 saturated heterocycles. The number of hydrogen-bond acceptors (Lipinski definition) is 5. The SMILES string of the molecule is Cc1ccnc(Cl)c1NC(=O)Cc1csc(N)n1. The van der Waals surface area contributed by atoms with Gasteiger partial charge in [0.05, 0.1) is 17.8 Å². The van der Waals surface area contributed by atoms with Gasteiger partial charge in [0.15, 0.2) is 10.3 Å². The number of aryl methyl sites for hydroxylation is 1.